The molecule has 0 aliphatic rings. The van der Waals surface area contributed by atoms with E-state index in [9.17, 15) is 5.26 Å². The number of nitriles is 1. The summed E-state index contributed by atoms with van der Waals surface area (Å²) < 4.78 is 5.29. The normalized spacial score (nSPS) is 11.9. The van der Waals surface area contributed by atoms with Crippen molar-refractivity contribution >= 4 is 5.69 Å². The zero-order chi connectivity index (χ0) is 15.5. The van der Waals surface area contributed by atoms with Crippen LogP contribution in [0, 0.1) is 11.3 Å². The molecule has 21 heavy (non-hydrogen) atoms. The highest BCUT2D eigenvalue weighted by Crippen LogP contribution is 2.19. The van der Waals surface area contributed by atoms with Crippen molar-refractivity contribution in [2.45, 2.75) is 33.2 Å². The summed E-state index contributed by atoms with van der Waals surface area (Å²) in [6.45, 7) is 10.5. The number of anilines is 1. The second kappa shape index (κ2) is 10.2. The minimum Gasteiger partial charge on any atom is -0.382 e. The van der Waals surface area contributed by atoms with Crippen molar-refractivity contribution in [1.29, 1.82) is 5.26 Å². The molecule has 0 aliphatic heterocycles. The Morgan fingerprint density at radius 3 is 2.38 bits per heavy atom. The zero-order valence-electron chi connectivity index (χ0n) is 13.4. The Morgan fingerprint density at radius 2 is 1.86 bits per heavy atom. The van der Waals surface area contributed by atoms with Gasteiger partial charge in [-0.1, -0.05) is 12.1 Å². The molecular weight excluding hydrogens is 262 g/mol. The molecule has 0 radical (unpaired) electrons. The Kier molecular flexibility index (Phi) is 8.49. The molecule has 1 N–H and O–H groups in total. The van der Waals surface area contributed by atoms with E-state index < -0.39 is 0 Å². The summed E-state index contributed by atoms with van der Waals surface area (Å²) in [4.78, 5) is 2.29. The highest BCUT2D eigenvalue weighted by atomic mass is 16.5. The first-order valence-electron chi connectivity index (χ1n) is 7.82. The van der Waals surface area contributed by atoms with Crippen LogP contribution in [0.5, 0.6) is 0 Å². The van der Waals surface area contributed by atoms with E-state index in [1.807, 2.05) is 19.1 Å². The van der Waals surface area contributed by atoms with Gasteiger partial charge in [-0.05, 0) is 51.4 Å². The summed E-state index contributed by atoms with van der Waals surface area (Å²) in [5.41, 5.74) is 2.22. The Balaban J connectivity index is 2.55. The maximum absolute atomic E-state index is 9.30. The van der Waals surface area contributed by atoms with E-state index >= 15 is 0 Å². The minimum absolute atomic E-state index is 0.252. The molecule has 1 unspecified atom stereocenters. The van der Waals surface area contributed by atoms with E-state index in [0.29, 0.717) is 0 Å². The molecule has 0 aliphatic carbocycles. The largest absolute Gasteiger partial charge is 0.382 e. The number of hydrogen-bond donors (Lipinski definition) is 1. The Bertz CT molecular complexity index is 421. The van der Waals surface area contributed by atoms with Crippen LogP contribution in [0.25, 0.3) is 0 Å². The van der Waals surface area contributed by atoms with Gasteiger partial charge in [0.25, 0.3) is 0 Å². The molecule has 0 aromatic heterocycles. The van der Waals surface area contributed by atoms with Crippen LogP contribution in [0.4, 0.5) is 5.69 Å². The van der Waals surface area contributed by atoms with E-state index in [4.69, 9.17) is 4.74 Å². The molecule has 0 saturated carbocycles. The lowest BCUT2D eigenvalue weighted by molar-refractivity contribution is 0.144. The summed E-state index contributed by atoms with van der Waals surface area (Å²) in [7, 11) is 0. The third-order valence-corrected chi connectivity index (χ3v) is 3.50. The molecule has 0 spiro atoms. The SMILES string of the molecule is CCOCCCNC(C#N)c1ccc(N(CC)CC)cc1. The molecule has 4 nitrogen and oxygen atoms in total. The van der Waals surface area contributed by atoms with Crippen LogP contribution in [-0.4, -0.2) is 32.8 Å². The zero-order valence-corrected chi connectivity index (χ0v) is 13.4. The van der Waals surface area contributed by atoms with Gasteiger partial charge in [-0.25, -0.2) is 0 Å². The topological polar surface area (TPSA) is 48.3 Å². The number of benzene rings is 1. The Morgan fingerprint density at radius 1 is 1.19 bits per heavy atom. The molecule has 116 valence electrons. The fraction of sp³-hybridized carbons (Fsp3) is 0.588. The molecule has 0 saturated heterocycles. The average molecular weight is 289 g/mol. The summed E-state index contributed by atoms with van der Waals surface area (Å²) in [5.74, 6) is 0. The lowest BCUT2D eigenvalue weighted by Crippen LogP contribution is -2.23. The van der Waals surface area contributed by atoms with Crippen LogP contribution in [0.3, 0.4) is 0 Å². The van der Waals surface area contributed by atoms with Gasteiger partial charge >= 0.3 is 0 Å². The van der Waals surface area contributed by atoms with Crippen molar-refractivity contribution < 1.29 is 4.74 Å². The predicted molar refractivity (Wildman–Crippen MR) is 87.5 cm³/mol. The van der Waals surface area contributed by atoms with Crippen molar-refractivity contribution in [2.24, 2.45) is 0 Å². The van der Waals surface area contributed by atoms with Gasteiger partial charge in [0, 0.05) is 32.0 Å². The fourth-order valence-corrected chi connectivity index (χ4v) is 2.27. The summed E-state index contributed by atoms with van der Waals surface area (Å²) >= 11 is 0. The summed E-state index contributed by atoms with van der Waals surface area (Å²) in [5, 5.41) is 12.6. The van der Waals surface area contributed by atoms with E-state index in [1.54, 1.807) is 0 Å². The second-order valence-electron chi connectivity index (χ2n) is 4.83. The van der Waals surface area contributed by atoms with E-state index in [0.717, 1.165) is 44.8 Å². The lowest BCUT2D eigenvalue weighted by atomic mass is 10.1. The molecular formula is C17H27N3O. The number of hydrogen-bond acceptors (Lipinski definition) is 4. The molecule has 1 aromatic rings. The number of ether oxygens (including phenoxy) is 1. The van der Waals surface area contributed by atoms with E-state index in [1.165, 1.54) is 5.69 Å². The quantitative estimate of drug-likeness (QED) is 0.672. The van der Waals surface area contributed by atoms with Crippen molar-refractivity contribution in [1.82, 2.24) is 5.32 Å². The molecule has 0 heterocycles. The molecule has 1 atom stereocenters. The summed E-state index contributed by atoms with van der Waals surface area (Å²) in [6, 6.07) is 10.3. The third-order valence-electron chi connectivity index (χ3n) is 3.50. The predicted octanol–water partition coefficient (Wildman–Crippen LogP) is 3.11. The number of nitrogens with zero attached hydrogens (tertiary/aromatic N) is 2. The smallest absolute Gasteiger partial charge is 0.121 e. The Hall–Kier alpha value is -1.57. The maximum Gasteiger partial charge on any atom is 0.121 e. The van der Waals surface area contributed by atoms with Gasteiger partial charge in [0.15, 0.2) is 0 Å². The molecule has 0 amide bonds. The standard InChI is InChI=1S/C17H27N3O/c1-4-20(5-2)16-10-8-15(9-11-16)17(14-18)19-12-7-13-21-6-3/h8-11,17,19H,4-7,12-13H2,1-3H3. The molecule has 1 aromatic carbocycles. The molecule has 0 fully saturated rings. The van der Waals surface area contributed by atoms with Gasteiger partial charge in [-0.2, -0.15) is 5.26 Å². The average Bonchev–Trinajstić information content (AvgIpc) is 2.53. The van der Waals surface area contributed by atoms with Crippen LogP contribution < -0.4 is 10.2 Å². The lowest BCUT2D eigenvalue weighted by Gasteiger charge is -2.21. The molecule has 4 heteroatoms. The van der Waals surface area contributed by atoms with Crippen LogP contribution in [0.2, 0.25) is 0 Å². The second-order valence-corrected chi connectivity index (χ2v) is 4.83. The minimum atomic E-state index is -0.252. The first-order chi connectivity index (χ1) is 10.3. The third kappa shape index (κ3) is 5.74. The highest BCUT2D eigenvalue weighted by molar-refractivity contribution is 5.48. The monoisotopic (exact) mass is 289 g/mol. The number of nitrogens with one attached hydrogen (secondary N) is 1. The first kappa shape index (κ1) is 17.5. The van der Waals surface area contributed by atoms with Gasteiger partial charge in [-0.15, -0.1) is 0 Å². The molecule has 0 bridgehead atoms. The maximum atomic E-state index is 9.30. The van der Waals surface area contributed by atoms with Crippen molar-refractivity contribution in [2.75, 3.05) is 37.7 Å². The fourth-order valence-electron chi connectivity index (χ4n) is 2.27. The Labute approximate surface area is 128 Å². The van der Waals surface area contributed by atoms with Gasteiger partial charge in [0.2, 0.25) is 0 Å². The van der Waals surface area contributed by atoms with Gasteiger partial charge in [0.05, 0.1) is 6.07 Å². The van der Waals surface area contributed by atoms with Crippen LogP contribution in [0.1, 0.15) is 38.8 Å². The van der Waals surface area contributed by atoms with Crippen molar-refractivity contribution in [3.63, 3.8) is 0 Å². The van der Waals surface area contributed by atoms with Crippen LogP contribution in [-0.2, 0) is 4.74 Å². The highest BCUT2D eigenvalue weighted by Gasteiger charge is 2.10. The van der Waals surface area contributed by atoms with Gasteiger partial charge in [-0.3, -0.25) is 5.32 Å². The molecule has 1 rings (SSSR count). The van der Waals surface area contributed by atoms with E-state index in [-0.39, 0.29) is 6.04 Å². The number of rotatable bonds is 10. The van der Waals surface area contributed by atoms with Crippen LogP contribution >= 0.6 is 0 Å². The first-order valence-corrected chi connectivity index (χ1v) is 7.82. The van der Waals surface area contributed by atoms with Crippen molar-refractivity contribution in [3.8, 4) is 6.07 Å². The van der Waals surface area contributed by atoms with Crippen LogP contribution in [0.15, 0.2) is 24.3 Å². The summed E-state index contributed by atoms with van der Waals surface area (Å²) in [6.07, 6.45) is 0.920. The van der Waals surface area contributed by atoms with Crippen molar-refractivity contribution in [3.05, 3.63) is 29.8 Å². The van der Waals surface area contributed by atoms with E-state index in [2.05, 4.69) is 42.3 Å². The van der Waals surface area contributed by atoms with Gasteiger partial charge in [0.1, 0.15) is 6.04 Å². The van der Waals surface area contributed by atoms with Gasteiger partial charge < -0.3 is 9.64 Å².